The molecule has 1 aromatic carbocycles. The molecule has 1 rings (SSSR count). The Bertz CT molecular complexity index is 620. The molecule has 0 unspecified atom stereocenters. The summed E-state index contributed by atoms with van der Waals surface area (Å²) in [5, 5.41) is 0. The van der Waals surface area contributed by atoms with Crippen LogP contribution in [0.2, 0.25) is 0 Å². The van der Waals surface area contributed by atoms with Crippen molar-refractivity contribution in [3.05, 3.63) is 27.8 Å². The van der Waals surface area contributed by atoms with E-state index in [1.807, 2.05) is 20.8 Å². The molecular formula is C14H22N2O3S. The number of nitrogens with two attached hydrogens (primary N) is 1. The van der Waals surface area contributed by atoms with Crippen molar-refractivity contribution in [2.45, 2.75) is 45.9 Å². The van der Waals surface area contributed by atoms with Gasteiger partial charge in [-0.1, -0.05) is 0 Å². The molecule has 0 aliphatic carbocycles. The lowest BCUT2D eigenvalue weighted by atomic mass is 9.95. The zero-order valence-electron chi connectivity index (χ0n) is 12.6. The summed E-state index contributed by atoms with van der Waals surface area (Å²) in [6, 6.07) is 0. The Morgan fingerprint density at radius 2 is 1.35 bits per heavy atom. The van der Waals surface area contributed by atoms with Gasteiger partial charge in [-0.15, -0.1) is 0 Å². The van der Waals surface area contributed by atoms with Crippen LogP contribution in [0, 0.1) is 34.6 Å². The minimum atomic E-state index is -3.64. The first-order chi connectivity index (χ1) is 9.09. The summed E-state index contributed by atoms with van der Waals surface area (Å²) in [4.78, 5) is 11.0. The average molecular weight is 298 g/mol. The van der Waals surface area contributed by atoms with Crippen LogP contribution in [0.25, 0.3) is 0 Å². The van der Waals surface area contributed by atoms with Gasteiger partial charge in [0.25, 0.3) is 0 Å². The second kappa shape index (κ2) is 5.93. The fourth-order valence-corrected chi connectivity index (χ4v) is 3.88. The number of primary amides is 1. The molecule has 1 aromatic rings. The molecule has 6 heteroatoms. The highest BCUT2D eigenvalue weighted by Gasteiger charge is 2.23. The van der Waals surface area contributed by atoms with E-state index in [1.165, 1.54) is 0 Å². The number of rotatable bonds is 5. The van der Waals surface area contributed by atoms with Crippen LogP contribution in [0.3, 0.4) is 0 Å². The lowest BCUT2D eigenvalue weighted by molar-refractivity contribution is -0.117. The summed E-state index contributed by atoms with van der Waals surface area (Å²) in [6.45, 7) is 9.44. The van der Waals surface area contributed by atoms with Crippen molar-refractivity contribution in [1.29, 1.82) is 0 Å². The molecule has 20 heavy (non-hydrogen) atoms. The van der Waals surface area contributed by atoms with E-state index in [0.29, 0.717) is 4.90 Å². The minimum Gasteiger partial charge on any atom is -0.370 e. The van der Waals surface area contributed by atoms with E-state index in [2.05, 4.69) is 4.72 Å². The predicted molar refractivity (Wildman–Crippen MR) is 79.1 cm³/mol. The Kier molecular flexibility index (Phi) is 4.94. The first-order valence-electron chi connectivity index (χ1n) is 6.44. The monoisotopic (exact) mass is 298 g/mol. The highest BCUT2D eigenvalue weighted by atomic mass is 32.2. The predicted octanol–water partition coefficient (Wildman–Crippen LogP) is 1.38. The molecule has 0 fully saturated rings. The third kappa shape index (κ3) is 3.19. The molecule has 0 aromatic heterocycles. The van der Waals surface area contributed by atoms with Crippen LogP contribution in [-0.2, 0) is 14.8 Å². The zero-order valence-corrected chi connectivity index (χ0v) is 13.4. The number of amides is 1. The smallest absolute Gasteiger partial charge is 0.241 e. The number of hydrogen-bond donors (Lipinski definition) is 2. The van der Waals surface area contributed by atoms with Crippen LogP contribution in [0.4, 0.5) is 0 Å². The first-order valence-corrected chi connectivity index (χ1v) is 7.92. The van der Waals surface area contributed by atoms with E-state index >= 15 is 0 Å². The Labute approximate surface area is 120 Å². The van der Waals surface area contributed by atoms with Crippen molar-refractivity contribution in [3.8, 4) is 0 Å². The highest BCUT2D eigenvalue weighted by molar-refractivity contribution is 7.89. The molecule has 0 radical (unpaired) electrons. The van der Waals surface area contributed by atoms with Crippen molar-refractivity contribution in [1.82, 2.24) is 4.72 Å². The molecular weight excluding hydrogens is 276 g/mol. The lowest BCUT2D eigenvalue weighted by Crippen LogP contribution is -2.29. The molecule has 5 nitrogen and oxygen atoms in total. The molecule has 1 amide bonds. The van der Waals surface area contributed by atoms with E-state index < -0.39 is 15.9 Å². The summed E-state index contributed by atoms with van der Waals surface area (Å²) in [6.07, 6.45) is -0.0127. The van der Waals surface area contributed by atoms with Crippen LogP contribution in [-0.4, -0.2) is 20.9 Å². The molecule has 0 heterocycles. The zero-order chi connectivity index (χ0) is 15.7. The number of benzene rings is 1. The number of nitrogens with one attached hydrogen (secondary N) is 1. The normalized spacial score (nSPS) is 11.7. The van der Waals surface area contributed by atoms with Gasteiger partial charge in [-0.25, -0.2) is 13.1 Å². The van der Waals surface area contributed by atoms with Gasteiger partial charge in [-0.05, 0) is 62.4 Å². The molecule has 0 bridgehead atoms. The van der Waals surface area contributed by atoms with E-state index in [-0.39, 0.29) is 13.0 Å². The van der Waals surface area contributed by atoms with Gasteiger partial charge in [-0.2, -0.15) is 0 Å². The van der Waals surface area contributed by atoms with Crippen molar-refractivity contribution >= 4 is 15.9 Å². The quantitative estimate of drug-likeness (QED) is 0.860. The van der Waals surface area contributed by atoms with Crippen LogP contribution in [0.1, 0.15) is 34.2 Å². The highest BCUT2D eigenvalue weighted by Crippen LogP contribution is 2.29. The summed E-state index contributed by atoms with van der Waals surface area (Å²) in [5.41, 5.74) is 9.57. The SMILES string of the molecule is Cc1c(C)c(C)c(S(=O)(=O)NCCC(N)=O)c(C)c1C. The van der Waals surface area contributed by atoms with E-state index in [4.69, 9.17) is 5.73 Å². The van der Waals surface area contributed by atoms with Crippen molar-refractivity contribution in [2.75, 3.05) is 6.54 Å². The Morgan fingerprint density at radius 1 is 0.950 bits per heavy atom. The van der Waals surface area contributed by atoms with Gasteiger partial charge in [0.05, 0.1) is 4.90 Å². The average Bonchev–Trinajstić information content (AvgIpc) is 2.33. The summed E-state index contributed by atoms with van der Waals surface area (Å²) >= 11 is 0. The first kappa shape index (κ1) is 16.7. The van der Waals surface area contributed by atoms with Crippen molar-refractivity contribution in [2.24, 2.45) is 5.73 Å². The van der Waals surface area contributed by atoms with Gasteiger partial charge in [0.2, 0.25) is 15.9 Å². The third-order valence-electron chi connectivity index (χ3n) is 3.86. The van der Waals surface area contributed by atoms with Crippen LogP contribution >= 0.6 is 0 Å². The van der Waals surface area contributed by atoms with Gasteiger partial charge in [-0.3, -0.25) is 4.79 Å². The Hall–Kier alpha value is -1.40. The maximum Gasteiger partial charge on any atom is 0.241 e. The molecule has 3 N–H and O–H groups in total. The molecule has 0 saturated carbocycles. The van der Waals surface area contributed by atoms with E-state index in [9.17, 15) is 13.2 Å². The number of carbonyl (C=O) groups excluding carboxylic acids is 1. The van der Waals surface area contributed by atoms with Gasteiger partial charge in [0, 0.05) is 13.0 Å². The standard InChI is InChI=1S/C14H22N2O3S/c1-8-9(2)11(4)14(12(5)10(8)3)20(18,19)16-7-6-13(15)17/h16H,6-7H2,1-5H3,(H2,15,17). The van der Waals surface area contributed by atoms with Crippen LogP contribution in [0.5, 0.6) is 0 Å². The van der Waals surface area contributed by atoms with Gasteiger partial charge >= 0.3 is 0 Å². The largest absolute Gasteiger partial charge is 0.370 e. The topological polar surface area (TPSA) is 89.3 Å². The van der Waals surface area contributed by atoms with Gasteiger partial charge in [0.1, 0.15) is 0 Å². The summed E-state index contributed by atoms with van der Waals surface area (Å²) in [7, 11) is -3.64. The lowest BCUT2D eigenvalue weighted by Gasteiger charge is -2.18. The van der Waals surface area contributed by atoms with Gasteiger partial charge in [0.15, 0.2) is 0 Å². The maximum atomic E-state index is 12.4. The fourth-order valence-electron chi connectivity index (χ4n) is 2.25. The Morgan fingerprint density at radius 3 is 1.75 bits per heavy atom. The maximum absolute atomic E-state index is 12.4. The molecule has 0 saturated heterocycles. The second-order valence-electron chi connectivity index (χ2n) is 5.07. The molecule has 112 valence electrons. The number of hydrogen-bond acceptors (Lipinski definition) is 3. The van der Waals surface area contributed by atoms with E-state index in [0.717, 1.165) is 27.8 Å². The summed E-state index contributed by atoms with van der Waals surface area (Å²) < 4.78 is 27.2. The second-order valence-corrected chi connectivity index (χ2v) is 6.77. The molecule has 0 aliphatic rings. The Balaban J connectivity index is 3.29. The fraction of sp³-hybridized carbons (Fsp3) is 0.500. The van der Waals surface area contributed by atoms with E-state index in [1.54, 1.807) is 13.8 Å². The van der Waals surface area contributed by atoms with Crippen LogP contribution in [0.15, 0.2) is 4.90 Å². The van der Waals surface area contributed by atoms with Crippen molar-refractivity contribution in [3.63, 3.8) is 0 Å². The van der Waals surface area contributed by atoms with Gasteiger partial charge < -0.3 is 5.73 Å². The van der Waals surface area contributed by atoms with Crippen molar-refractivity contribution < 1.29 is 13.2 Å². The minimum absolute atomic E-state index is 0.0127. The third-order valence-corrected chi connectivity index (χ3v) is 5.60. The number of carbonyl (C=O) groups is 1. The summed E-state index contributed by atoms with van der Waals surface area (Å²) in [5.74, 6) is -0.530. The molecule has 0 atom stereocenters. The number of sulfonamides is 1. The van der Waals surface area contributed by atoms with Crippen LogP contribution < -0.4 is 10.5 Å². The molecule has 0 aliphatic heterocycles. The molecule has 0 spiro atoms.